The molecule has 1 N–H and O–H groups in total. The molecule has 0 radical (unpaired) electrons. The van der Waals surface area contributed by atoms with Gasteiger partial charge in [-0.2, -0.15) is 0 Å². The fourth-order valence-corrected chi connectivity index (χ4v) is 3.15. The molecule has 1 aromatic heterocycles. The van der Waals surface area contributed by atoms with Crippen LogP contribution in [-0.2, 0) is 15.9 Å². The van der Waals surface area contributed by atoms with Crippen molar-refractivity contribution in [2.45, 2.75) is 5.88 Å². The van der Waals surface area contributed by atoms with Crippen LogP contribution in [-0.4, -0.2) is 18.0 Å². The van der Waals surface area contributed by atoms with Crippen LogP contribution in [0.2, 0.25) is 10.0 Å². The van der Waals surface area contributed by atoms with E-state index in [4.69, 9.17) is 23.2 Å². The number of nitrogens with zero attached hydrogens (tertiary/aromatic N) is 2. The van der Waals surface area contributed by atoms with Crippen LogP contribution in [0.15, 0.2) is 16.9 Å². The second-order valence-electron chi connectivity index (χ2n) is 3.80. The maximum Gasteiger partial charge on any atom is 0.263 e. The molecule has 0 aliphatic carbocycles. The molecule has 0 spiro atoms. The number of aromatic nitrogens is 2. The highest BCUT2D eigenvalue weighted by Gasteiger charge is 2.26. The average molecular weight is 306 g/mol. The Labute approximate surface area is 111 Å². The summed E-state index contributed by atoms with van der Waals surface area (Å²) >= 11 is 11.7. The molecule has 2 heterocycles. The Morgan fingerprint density at radius 1 is 1.28 bits per heavy atom. The van der Waals surface area contributed by atoms with Gasteiger partial charge in [-0.05, 0) is 12.1 Å². The zero-order chi connectivity index (χ0) is 13.1. The quantitative estimate of drug-likeness (QED) is 0.798. The second-order valence-corrected chi connectivity index (χ2v) is 6.30. The number of benzene rings is 1. The molecule has 18 heavy (non-hydrogen) atoms. The lowest BCUT2D eigenvalue weighted by Gasteiger charge is -2.04. The topological polar surface area (TPSA) is 81.1 Å². The average Bonchev–Trinajstić information content (AvgIpc) is 2.57. The lowest BCUT2D eigenvalue weighted by molar-refractivity contribution is 0.595. The minimum Gasteiger partial charge on any atom is -0.268 e. The summed E-state index contributed by atoms with van der Waals surface area (Å²) in [7, 11) is -3.54. The fraction of sp³-hybridized carbons (Fsp3) is 0.111. The lowest BCUT2D eigenvalue weighted by atomic mass is 10.2. The number of sulfonamides is 1. The first kappa shape index (κ1) is 11.8. The highest BCUT2D eigenvalue weighted by Crippen LogP contribution is 2.27. The van der Waals surface area contributed by atoms with Crippen LogP contribution in [0.5, 0.6) is 0 Å². The lowest BCUT2D eigenvalue weighted by Crippen LogP contribution is -2.19. The number of hydrogen-bond donors (Lipinski definition) is 1. The summed E-state index contributed by atoms with van der Waals surface area (Å²) < 4.78 is 26.0. The van der Waals surface area contributed by atoms with E-state index in [-0.39, 0.29) is 21.4 Å². The van der Waals surface area contributed by atoms with Gasteiger partial charge >= 0.3 is 0 Å². The van der Waals surface area contributed by atoms with Crippen LogP contribution in [0.1, 0.15) is 0 Å². The molecule has 0 saturated carbocycles. The Hall–Kier alpha value is -1.31. The maximum atomic E-state index is 12.1. The molecule has 0 fully saturated rings. The van der Waals surface area contributed by atoms with Crippen molar-refractivity contribution < 1.29 is 8.42 Å². The summed E-state index contributed by atoms with van der Waals surface area (Å²) in [4.78, 5) is 16.1. The van der Waals surface area contributed by atoms with Crippen molar-refractivity contribution in [3.8, 4) is 0 Å². The molecule has 94 valence electrons. The third kappa shape index (κ3) is 1.66. The van der Waals surface area contributed by atoms with Gasteiger partial charge in [-0.3, -0.25) is 14.1 Å². The molecule has 0 amide bonds. The van der Waals surface area contributed by atoms with E-state index < -0.39 is 21.5 Å². The molecule has 1 aliphatic rings. The first-order chi connectivity index (χ1) is 8.37. The Morgan fingerprint density at radius 3 is 2.67 bits per heavy atom. The number of fused-ring (bicyclic) bond motifs is 2. The molecule has 0 atom stereocenters. The van der Waals surface area contributed by atoms with E-state index in [0.29, 0.717) is 5.52 Å². The van der Waals surface area contributed by atoms with Crippen molar-refractivity contribution in [2.24, 2.45) is 0 Å². The molecule has 1 aliphatic heterocycles. The van der Waals surface area contributed by atoms with E-state index in [2.05, 4.69) is 9.71 Å². The minimum absolute atomic E-state index is 0.00844. The highest BCUT2D eigenvalue weighted by atomic mass is 35.5. The van der Waals surface area contributed by atoms with Crippen LogP contribution in [0, 0.1) is 0 Å². The van der Waals surface area contributed by atoms with Crippen molar-refractivity contribution >= 4 is 50.1 Å². The minimum atomic E-state index is -3.54. The third-order valence-electron chi connectivity index (χ3n) is 2.54. The molecule has 0 bridgehead atoms. The molecular weight excluding hydrogens is 301 g/mol. The molecular formula is C9H5Cl2N3O3S. The monoisotopic (exact) mass is 305 g/mol. The molecule has 6 nitrogen and oxygen atoms in total. The number of anilines is 1. The van der Waals surface area contributed by atoms with Gasteiger partial charge in [0.25, 0.3) is 15.6 Å². The summed E-state index contributed by atoms with van der Waals surface area (Å²) in [5.74, 6) is -0.449. The second kappa shape index (κ2) is 3.59. The zero-order valence-corrected chi connectivity index (χ0v) is 11.0. The van der Waals surface area contributed by atoms with Crippen LogP contribution in [0.3, 0.4) is 0 Å². The van der Waals surface area contributed by atoms with E-state index in [0.717, 1.165) is 4.57 Å². The Kier molecular flexibility index (Phi) is 2.35. The van der Waals surface area contributed by atoms with E-state index in [1.54, 1.807) is 0 Å². The molecule has 2 aromatic rings. The van der Waals surface area contributed by atoms with Gasteiger partial charge in [0, 0.05) is 0 Å². The zero-order valence-electron chi connectivity index (χ0n) is 8.65. The molecule has 9 heteroatoms. The van der Waals surface area contributed by atoms with E-state index in [1.165, 1.54) is 12.1 Å². The summed E-state index contributed by atoms with van der Waals surface area (Å²) in [5.41, 5.74) is -0.174. The maximum absolute atomic E-state index is 12.1. The SMILES string of the molecule is O=c1c2cc(Cl)c(Cl)cc2nc2n1CS(=O)(=O)N2. The van der Waals surface area contributed by atoms with Gasteiger partial charge in [-0.1, -0.05) is 23.2 Å². The standard InChI is InChI=1S/C9H5Cl2N3O3S/c10-5-1-4-7(2-6(5)11)12-9-13-18(16,17)3-14(9)8(4)15/h1-2H,3H2,(H,12,13). The Morgan fingerprint density at radius 2 is 1.94 bits per heavy atom. The third-order valence-corrected chi connectivity index (χ3v) is 4.36. The van der Waals surface area contributed by atoms with Gasteiger partial charge in [-0.25, -0.2) is 13.4 Å². The predicted molar refractivity (Wildman–Crippen MR) is 68.6 cm³/mol. The first-order valence-corrected chi connectivity index (χ1v) is 7.18. The van der Waals surface area contributed by atoms with Gasteiger partial charge in [-0.15, -0.1) is 0 Å². The van der Waals surface area contributed by atoms with Gasteiger partial charge < -0.3 is 0 Å². The van der Waals surface area contributed by atoms with Crippen LogP contribution >= 0.6 is 23.2 Å². The molecule has 3 rings (SSSR count). The van der Waals surface area contributed by atoms with E-state index in [9.17, 15) is 13.2 Å². The summed E-state index contributed by atoms with van der Waals surface area (Å²) in [6.07, 6.45) is 0. The fourth-order valence-electron chi connectivity index (χ4n) is 1.76. The summed E-state index contributed by atoms with van der Waals surface area (Å²) in [5, 5.41) is 0.700. The van der Waals surface area contributed by atoms with Crippen LogP contribution in [0.25, 0.3) is 10.9 Å². The van der Waals surface area contributed by atoms with Gasteiger partial charge in [0.2, 0.25) is 5.95 Å². The number of hydrogen-bond acceptors (Lipinski definition) is 4. The van der Waals surface area contributed by atoms with Gasteiger partial charge in [0.05, 0.1) is 20.9 Å². The predicted octanol–water partition coefficient (Wildman–Crippen LogP) is 1.42. The highest BCUT2D eigenvalue weighted by molar-refractivity contribution is 7.92. The van der Waals surface area contributed by atoms with Crippen LogP contribution < -0.4 is 10.3 Å². The molecule has 1 aromatic carbocycles. The smallest absolute Gasteiger partial charge is 0.263 e. The van der Waals surface area contributed by atoms with E-state index >= 15 is 0 Å². The van der Waals surface area contributed by atoms with Crippen molar-refractivity contribution in [2.75, 3.05) is 4.72 Å². The van der Waals surface area contributed by atoms with Crippen molar-refractivity contribution in [3.63, 3.8) is 0 Å². The van der Waals surface area contributed by atoms with Crippen LogP contribution in [0.4, 0.5) is 5.95 Å². The number of halogens is 2. The first-order valence-electron chi connectivity index (χ1n) is 4.77. The number of rotatable bonds is 0. The van der Waals surface area contributed by atoms with Crippen molar-refractivity contribution in [1.29, 1.82) is 0 Å². The largest absolute Gasteiger partial charge is 0.268 e. The number of nitrogens with one attached hydrogen (secondary N) is 1. The Balaban J connectivity index is 2.43. The summed E-state index contributed by atoms with van der Waals surface area (Å²) in [6.45, 7) is 0. The van der Waals surface area contributed by atoms with E-state index in [1.807, 2.05) is 0 Å². The molecule has 0 unspecified atom stereocenters. The van der Waals surface area contributed by atoms with Crippen molar-refractivity contribution in [3.05, 3.63) is 32.5 Å². The molecule has 0 saturated heterocycles. The normalized spacial score (nSPS) is 16.6. The van der Waals surface area contributed by atoms with Crippen molar-refractivity contribution in [1.82, 2.24) is 9.55 Å². The van der Waals surface area contributed by atoms with Gasteiger partial charge in [0.15, 0.2) is 5.88 Å². The van der Waals surface area contributed by atoms with Gasteiger partial charge in [0.1, 0.15) is 0 Å². The summed E-state index contributed by atoms with van der Waals surface area (Å²) in [6, 6.07) is 2.81. The Bertz CT molecular complexity index is 844.